The Hall–Kier alpha value is -1.73. The molecule has 1 aliphatic heterocycles. The predicted molar refractivity (Wildman–Crippen MR) is 65.6 cm³/mol. The van der Waals surface area contributed by atoms with Crippen molar-refractivity contribution < 1.29 is 9.90 Å². The summed E-state index contributed by atoms with van der Waals surface area (Å²) in [4.78, 5) is 21.9. The Balaban J connectivity index is 2.03. The van der Waals surface area contributed by atoms with Crippen LogP contribution in [0.2, 0.25) is 0 Å². The van der Waals surface area contributed by atoms with Gasteiger partial charge in [-0.2, -0.15) is 0 Å². The van der Waals surface area contributed by atoms with E-state index in [2.05, 4.69) is 15.4 Å². The van der Waals surface area contributed by atoms with Gasteiger partial charge in [-0.15, -0.1) is 0 Å². The molecule has 2 heterocycles. The molecule has 2 rings (SSSR count). The Morgan fingerprint density at radius 1 is 1.61 bits per heavy atom. The zero-order valence-electron chi connectivity index (χ0n) is 10.0. The summed E-state index contributed by atoms with van der Waals surface area (Å²) in [5.41, 5.74) is 2.65. The number of amides is 1. The van der Waals surface area contributed by atoms with Crippen molar-refractivity contribution in [2.75, 3.05) is 25.1 Å². The molecule has 1 aromatic rings. The van der Waals surface area contributed by atoms with Crippen molar-refractivity contribution in [2.45, 2.75) is 12.8 Å². The first-order chi connectivity index (χ1) is 8.74. The summed E-state index contributed by atoms with van der Waals surface area (Å²) in [6.45, 7) is 1.53. The van der Waals surface area contributed by atoms with Crippen LogP contribution < -0.4 is 11.3 Å². The molecule has 1 amide bonds. The van der Waals surface area contributed by atoms with Gasteiger partial charge in [0.25, 0.3) is 5.91 Å². The highest BCUT2D eigenvalue weighted by Gasteiger charge is 2.27. The molecule has 4 N–H and O–H groups in total. The molecule has 0 aromatic carbocycles. The van der Waals surface area contributed by atoms with E-state index in [0.717, 1.165) is 12.8 Å². The van der Waals surface area contributed by atoms with E-state index < -0.39 is 0 Å². The van der Waals surface area contributed by atoms with Crippen LogP contribution in [0.4, 0.5) is 5.82 Å². The lowest BCUT2D eigenvalue weighted by atomic mass is 10.1. The van der Waals surface area contributed by atoms with Gasteiger partial charge in [0, 0.05) is 19.7 Å². The monoisotopic (exact) mass is 251 g/mol. The van der Waals surface area contributed by atoms with Gasteiger partial charge in [0.2, 0.25) is 0 Å². The lowest BCUT2D eigenvalue weighted by molar-refractivity contribution is 0.0778. The number of hydrogen-bond acceptors (Lipinski definition) is 6. The second-order valence-electron chi connectivity index (χ2n) is 4.35. The molecule has 1 aromatic heterocycles. The van der Waals surface area contributed by atoms with E-state index in [1.165, 1.54) is 12.4 Å². The molecule has 0 radical (unpaired) electrons. The molecule has 0 saturated carbocycles. The van der Waals surface area contributed by atoms with Gasteiger partial charge in [-0.1, -0.05) is 0 Å². The van der Waals surface area contributed by atoms with Gasteiger partial charge < -0.3 is 15.4 Å². The fourth-order valence-electron chi connectivity index (χ4n) is 2.14. The Morgan fingerprint density at radius 3 is 3.17 bits per heavy atom. The first kappa shape index (κ1) is 12.7. The van der Waals surface area contributed by atoms with Crippen LogP contribution in [0.25, 0.3) is 0 Å². The average Bonchev–Trinajstić information content (AvgIpc) is 2.87. The Kier molecular flexibility index (Phi) is 4.06. The Bertz CT molecular complexity index is 426. The number of nitrogens with two attached hydrogens (primary N) is 1. The predicted octanol–water partition coefficient (Wildman–Crippen LogP) is -0.393. The fraction of sp³-hybridized carbons (Fsp3) is 0.545. The van der Waals surface area contributed by atoms with Crippen LogP contribution in [0.3, 0.4) is 0 Å². The number of aromatic nitrogens is 2. The highest BCUT2D eigenvalue weighted by Crippen LogP contribution is 2.20. The molecule has 18 heavy (non-hydrogen) atoms. The SMILES string of the molecule is NNc1cncc(C(=O)N2CCC(CCO)C2)n1. The van der Waals surface area contributed by atoms with Crippen molar-refractivity contribution in [1.29, 1.82) is 0 Å². The van der Waals surface area contributed by atoms with Crippen molar-refractivity contribution in [3.63, 3.8) is 0 Å². The molecule has 1 fully saturated rings. The van der Waals surface area contributed by atoms with Crippen LogP contribution in [0.15, 0.2) is 12.4 Å². The summed E-state index contributed by atoms with van der Waals surface area (Å²) >= 11 is 0. The van der Waals surface area contributed by atoms with E-state index in [4.69, 9.17) is 10.9 Å². The number of carbonyl (C=O) groups excluding carboxylic acids is 1. The Labute approximate surface area is 105 Å². The number of hydrogen-bond donors (Lipinski definition) is 3. The number of nitrogen functional groups attached to an aromatic ring is 1. The fourth-order valence-corrected chi connectivity index (χ4v) is 2.14. The molecule has 0 aliphatic carbocycles. The van der Waals surface area contributed by atoms with Crippen LogP contribution in [0.5, 0.6) is 0 Å². The summed E-state index contributed by atoms with van der Waals surface area (Å²) in [7, 11) is 0. The van der Waals surface area contributed by atoms with Crippen molar-refractivity contribution in [3.05, 3.63) is 18.1 Å². The maximum atomic E-state index is 12.2. The first-order valence-electron chi connectivity index (χ1n) is 5.93. The minimum atomic E-state index is -0.139. The van der Waals surface area contributed by atoms with Crippen molar-refractivity contribution in [1.82, 2.24) is 14.9 Å². The van der Waals surface area contributed by atoms with E-state index in [-0.39, 0.29) is 18.2 Å². The molecule has 1 aliphatic rings. The van der Waals surface area contributed by atoms with Gasteiger partial charge in [-0.3, -0.25) is 9.78 Å². The third kappa shape index (κ3) is 2.74. The molecule has 7 heteroatoms. The van der Waals surface area contributed by atoms with Crippen LogP contribution in [0.1, 0.15) is 23.3 Å². The molecular formula is C11H17N5O2. The maximum Gasteiger partial charge on any atom is 0.274 e. The zero-order chi connectivity index (χ0) is 13.0. The molecule has 7 nitrogen and oxygen atoms in total. The first-order valence-corrected chi connectivity index (χ1v) is 5.93. The minimum absolute atomic E-state index is 0.139. The van der Waals surface area contributed by atoms with E-state index in [1.54, 1.807) is 4.90 Å². The van der Waals surface area contributed by atoms with Crippen molar-refractivity contribution in [3.8, 4) is 0 Å². The molecule has 0 bridgehead atoms. The molecule has 98 valence electrons. The van der Waals surface area contributed by atoms with Crippen LogP contribution in [0, 0.1) is 5.92 Å². The summed E-state index contributed by atoms with van der Waals surface area (Å²) < 4.78 is 0. The number of likely N-dealkylation sites (tertiary alicyclic amines) is 1. The van der Waals surface area contributed by atoms with E-state index >= 15 is 0 Å². The van der Waals surface area contributed by atoms with Crippen LogP contribution >= 0.6 is 0 Å². The number of hydrazine groups is 1. The number of rotatable bonds is 4. The van der Waals surface area contributed by atoms with Crippen LogP contribution in [-0.2, 0) is 0 Å². The van der Waals surface area contributed by atoms with Crippen molar-refractivity contribution in [2.24, 2.45) is 11.8 Å². The lowest BCUT2D eigenvalue weighted by Gasteiger charge is -2.15. The van der Waals surface area contributed by atoms with Crippen molar-refractivity contribution >= 4 is 11.7 Å². The number of anilines is 1. The smallest absolute Gasteiger partial charge is 0.274 e. The number of nitrogens with zero attached hydrogens (tertiary/aromatic N) is 3. The third-order valence-corrected chi connectivity index (χ3v) is 3.11. The molecular weight excluding hydrogens is 234 g/mol. The lowest BCUT2D eigenvalue weighted by Crippen LogP contribution is -2.30. The third-order valence-electron chi connectivity index (χ3n) is 3.11. The quantitative estimate of drug-likeness (QED) is 0.497. The average molecular weight is 251 g/mol. The summed E-state index contributed by atoms with van der Waals surface area (Å²) in [6, 6.07) is 0. The van der Waals surface area contributed by atoms with Gasteiger partial charge in [0.05, 0.1) is 12.4 Å². The number of nitrogens with one attached hydrogen (secondary N) is 1. The largest absolute Gasteiger partial charge is 0.396 e. The summed E-state index contributed by atoms with van der Waals surface area (Å²) in [6.07, 6.45) is 4.55. The van der Waals surface area contributed by atoms with Gasteiger partial charge in [0.1, 0.15) is 5.69 Å². The second kappa shape index (κ2) is 5.74. The normalized spacial score (nSPS) is 19.0. The minimum Gasteiger partial charge on any atom is -0.396 e. The summed E-state index contributed by atoms with van der Waals surface area (Å²) in [5.74, 6) is 5.83. The van der Waals surface area contributed by atoms with Gasteiger partial charge in [-0.05, 0) is 18.8 Å². The summed E-state index contributed by atoms with van der Waals surface area (Å²) in [5, 5.41) is 8.89. The molecule has 1 atom stereocenters. The van der Waals surface area contributed by atoms with E-state index in [9.17, 15) is 4.79 Å². The van der Waals surface area contributed by atoms with Gasteiger partial charge in [-0.25, -0.2) is 10.8 Å². The Morgan fingerprint density at radius 2 is 2.44 bits per heavy atom. The number of aliphatic hydroxyl groups excluding tert-OH is 1. The van der Waals surface area contributed by atoms with Gasteiger partial charge >= 0.3 is 0 Å². The topological polar surface area (TPSA) is 104 Å². The second-order valence-corrected chi connectivity index (χ2v) is 4.35. The van der Waals surface area contributed by atoms with E-state index in [1.807, 2.05) is 0 Å². The van der Waals surface area contributed by atoms with E-state index in [0.29, 0.717) is 24.8 Å². The maximum absolute atomic E-state index is 12.2. The highest BCUT2D eigenvalue weighted by atomic mass is 16.3. The van der Waals surface area contributed by atoms with Crippen LogP contribution in [-0.4, -0.2) is 45.6 Å². The number of carbonyl (C=O) groups is 1. The standard InChI is InChI=1S/C11H17N5O2/c12-15-10-6-13-5-9(14-10)11(18)16-3-1-8(7-16)2-4-17/h5-6,8,17H,1-4,7,12H2,(H,14,15). The van der Waals surface area contributed by atoms with Gasteiger partial charge in [0.15, 0.2) is 5.82 Å². The number of aliphatic hydroxyl groups is 1. The highest BCUT2D eigenvalue weighted by molar-refractivity contribution is 5.92. The zero-order valence-corrected chi connectivity index (χ0v) is 10.0. The molecule has 1 unspecified atom stereocenters. The molecule has 0 spiro atoms. The molecule has 1 saturated heterocycles.